The Morgan fingerprint density at radius 1 is 1.27 bits per heavy atom. The molecule has 1 aliphatic rings. The van der Waals surface area contributed by atoms with Crippen LogP contribution in [0.2, 0.25) is 0 Å². The predicted octanol–water partition coefficient (Wildman–Crippen LogP) is 3.22. The summed E-state index contributed by atoms with van der Waals surface area (Å²) in [5.41, 5.74) is 8.25. The molecule has 0 aromatic heterocycles. The molecule has 0 unspecified atom stereocenters. The highest BCUT2D eigenvalue weighted by atomic mass is 16.6. The minimum absolute atomic E-state index is 0.0240. The van der Waals surface area contributed by atoms with Crippen LogP contribution in [0.1, 0.15) is 44.7 Å². The molecule has 0 atom stereocenters. The maximum Gasteiger partial charge on any atom is 0.410 e. The van der Waals surface area contributed by atoms with Gasteiger partial charge in [-0.25, -0.2) is 4.79 Å². The third-order valence-electron chi connectivity index (χ3n) is 4.48. The number of aryl methyl sites for hydroxylation is 1. The summed E-state index contributed by atoms with van der Waals surface area (Å²) in [6.07, 6.45) is 1.55. The van der Waals surface area contributed by atoms with Crippen molar-refractivity contribution in [2.45, 2.75) is 51.6 Å². The molecule has 22 heavy (non-hydrogen) atoms. The topological polar surface area (TPSA) is 55.6 Å². The number of nitrogens with two attached hydrogens (primary N) is 1. The van der Waals surface area contributed by atoms with E-state index in [1.165, 1.54) is 11.1 Å². The van der Waals surface area contributed by atoms with Crippen LogP contribution in [0, 0.1) is 6.92 Å². The zero-order chi connectivity index (χ0) is 16.4. The summed E-state index contributed by atoms with van der Waals surface area (Å²) >= 11 is 0. The summed E-state index contributed by atoms with van der Waals surface area (Å²) in [7, 11) is 0. The molecule has 1 amide bonds. The van der Waals surface area contributed by atoms with Crippen molar-refractivity contribution in [3.8, 4) is 0 Å². The fraction of sp³-hybridized carbons (Fsp3) is 0.611. The number of carbonyl (C=O) groups excluding carboxylic acids is 1. The smallest absolute Gasteiger partial charge is 0.410 e. The molecule has 1 aromatic rings. The summed E-state index contributed by atoms with van der Waals surface area (Å²) in [6, 6.07) is 8.43. The van der Waals surface area contributed by atoms with Gasteiger partial charge in [0.1, 0.15) is 5.60 Å². The minimum atomic E-state index is -0.449. The van der Waals surface area contributed by atoms with Crippen LogP contribution in [-0.2, 0) is 10.2 Å². The maximum absolute atomic E-state index is 12.2. The van der Waals surface area contributed by atoms with Gasteiger partial charge in [0.05, 0.1) is 0 Å². The highest BCUT2D eigenvalue weighted by Crippen LogP contribution is 2.36. The van der Waals surface area contributed by atoms with E-state index >= 15 is 0 Å². The van der Waals surface area contributed by atoms with Crippen molar-refractivity contribution in [1.29, 1.82) is 0 Å². The zero-order valence-corrected chi connectivity index (χ0v) is 14.2. The van der Waals surface area contributed by atoms with Gasteiger partial charge in [0.15, 0.2) is 0 Å². The quantitative estimate of drug-likeness (QED) is 0.912. The molecule has 2 N–H and O–H groups in total. The summed E-state index contributed by atoms with van der Waals surface area (Å²) in [5, 5.41) is 0. The molecule has 0 saturated carbocycles. The first kappa shape index (κ1) is 16.8. The van der Waals surface area contributed by atoms with Crippen LogP contribution in [0.15, 0.2) is 24.3 Å². The summed E-state index contributed by atoms with van der Waals surface area (Å²) in [4.78, 5) is 14.0. The van der Waals surface area contributed by atoms with Gasteiger partial charge in [-0.1, -0.05) is 24.3 Å². The largest absolute Gasteiger partial charge is 0.444 e. The highest BCUT2D eigenvalue weighted by Gasteiger charge is 2.38. The van der Waals surface area contributed by atoms with Crippen molar-refractivity contribution in [3.05, 3.63) is 35.4 Å². The second-order valence-electron chi connectivity index (χ2n) is 7.27. The lowest BCUT2D eigenvalue weighted by Crippen LogP contribution is -2.49. The Labute approximate surface area is 133 Å². The number of piperidine rings is 1. The van der Waals surface area contributed by atoms with Gasteiger partial charge >= 0.3 is 6.09 Å². The molecule has 1 saturated heterocycles. The van der Waals surface area contributed by atoms with E-state index in [1.54, 1.807) is 4.90 Å². The molecule has 1 aromatic carbocycles. The van der Waals surface area contributed by atoms with Crippen LogP contribution in [0.4, 0.5) is 4.79 Å². The average Bonchev–Trinajstić information content (AvgIpc) is 2.46. The molecular formula is C18H28N2O2. The molecule has 2 rings (SSSR count). The van der Waals surface area contributed by atoms with Crippen molar-refractivity contribution < 1.29 is 9.53 Å². The third kappa shape index (κ3) is 3.61. The molecule has 1 heterocycles. The van der Waals surface area contributed by atoms with Crippen LogP contribution in [0.25, 0.3) is 0 Å². The Bertz CT molecular complexity index is 526. The molecule has 122 valence electrons. The van der Waals surface area contributed by atoms with Gasteiger partial charge in [-0.15, -0.1) is 0 Å². The van der Waals surface area contributed by atoms with Crippen LogP contribution in [-0.4, -0.2) is 36.2 Å². The van der Waals surface area contributed by atoms with Gasteiger partial charge in [0.25, 0.3) is 0 Å². The molecule has 0 bridgehead atoms. The number of benzene rings is 1. The summed E-state index contributed by atoms with van der Waals surface area (Å²) in [5.74, 6) is 0. The Kier molecular flexibility index (Phi) is 4.81. The van der Waals surface area contributed by atoms with Crippen molar-refractivity contribution >= 4 is 6.09 Å². The van der Waals surface area contributed by atoms with Crippen LogP contribution in [0.5, 0.6) is 0 Å². The zero-order valence-electron chi connectivity index (χ0n) is 14.2. The third-order valence-corrected chi connectivity index (χ3v) is 4.48. The van der Waals surface area contributed by atoms with Gasteiger partial charge in [-0.05, 0) is 51.7 Å². The van der Waals surface area contributed by atoms with E-state index in [1.807, 2.05) is 20.8 Å². The molecule has 0 spiro atoms. The standard InChI is InChI=1S/C18H28N2O2/c1-14-7-5-6-8-15(14)18(13-19)9-11-20(12-10-18)16(21)22-17(2,3)4/h5-8H,9-13,19H2,1-4H3. The van der Waals surface area contributed by atoms with E-state index in [-0.39, 0.29) is 11.5 Å². The second kappa shape index (κ2) is 6.29. The molecule has 1 fully saturated rings. The number of hydrogen-bond acceptors (Lipinski definition) is 3. The maximum atomic E-state index is 12.2. The van der Waals surface area contributed by atoms with Crippen LogP contribution in [0.3, 0.4) is 0 Å². The lowest BCUT2D eigenvalue weighted by atomic mass is 9.71. The van der Waals surface area contributed by atoms with Gasteiger partial charge < -0.3 is 15.4 Å². The van der Waals surface area contributed by atoms with E-state index in [0.717, 1.165) is 12.8 Å². The van der Waals surface area contributed by atoms with Gasteiger partial charge in [0.2, 0.25) is 0 Å². The Balaban J connectivity index is 2.09. The van der Waals surface area contributed by atoms with E-state index in [4.69, 9.17) is 10.5 Å². The second-order valence-corrected chi connectivity index (χ2v) is 7.27. The number of amides is 1. The van der Waals surface area contributed by atoms with Crippen LogP contribution < -0.4 is 5.73 Å². The SMILES string of the molecule is Cc1ccccc1C1(CN)CCN(C(=O)OC(C)(C)C)CC1. The number of carbonyl (C=O) groups is 1. The molecule has 4 heteroatoms. The van der Waals surface area contributed by atoms with Gasteiger partial charge in [-0.3, -0.25) is 0 Å². The highest BCUT2D eigenvalue weighted by molar-refractivity contribution is 5.68. The first-order valence-corrected chi connectivity index (χ1v) is 8.01. The monoisotopic (exact) mass is 304 g/mol. The molecular weight excluding hydrogens is 276 g/mol. The van der Waals surface area contributed by atoms with Crippen molar-refractivity contribution in [2.75, 3.05) is 19.6 Å². The lowest BCUT2D eigenvalue weighted by Gasteiger charge is -2.42. The molecule has 4 nitrogen and oxygen atoms in total. The van der Waals surface area contributed by atoms with E-state index in [2.05, 4.69) is 31.2 Å². The number of likely N-dealkylation sites (tertiary alicyclic amines) is 1. The number of rotatable bonds is 2. The Morgan fingerprint density at radius 3 is 2.36 bits per heavy atom. The van der Waals surface area contributed by atoms with E-state index < -0.39 is 5.60 Å². The first-order chi connectivity index (χ1) is 10.3. The lowest BCUT2D eigenvalue weighted by molar-refractivity contribution is 0.0167. The number of ether oxygens (including phenoxy) is 1. The fourth-order valence-electron chi connectivity index (χ4n) is 3.20. The fourth-order valence-corrected chi connectivity index (χ4v) is 3.20. The number of hydrogen-bond donors (Lipinski definition) is 1. The summed E-state index contributed by atoms with van der Waals surface area (Å²) in [6.45, 7) is 9.82. The number of nitrogens with zero attached hydrogens (tertiary/aromatic N) is 1. The normalized spacial score (nSPS) is 18.1. The van der Waals surface area contributed by atoms with Crippen molar-refractivity contribution in [1.82, 2.24) is 4.90 Å². The van der Waals surface area contributed by atoms with Crippen LogP contribution >= 0.6 is 0 Å². The van der Waals surface area contributed by atoms with Gasteiger partial charge in [-0.2, -0.15) is 0 Å². The average molecular weight is 304 g/mol. The molecule has 0 radical (unpaired) electrons. The van der Waals surface area contributed by atoms with E-state index in [9.17, 15) is 4.79 Å². The Morgan fingerprint density at radius 2 is 1.86 bits per heavy atom. The molecule has 0 aliphatic carbocycles. The Hall–Kier alpha value is -1.55. The van der Waals surface area contributed by atoms with Crippen molar-refractivity contribution in [2.24, 2.45) is 5.73 Å². The minimum Gasteiger partial charge on any atom is -0.444 e. The summed E-state index contributed by atoms with van der Waals surface area (Å²) < 4.78 is 5.46. The van der Waals surface area contributed by atoms with Crippen molar-refractivity contribution in [3.63, 3.8) is 0 Å². The van der Waals surface area contributed by atoms with Gasteiger partial charge in [0, 0.05) is 25.0 Å². The predicted molar refractivity (Wildman–Crippen MR) is 89.0 cm³/mol. The first-order valence-electron chi connectivity index (χ1n) is 8.01. The molecule has 1 aliphatic heterocycles. The van der Waals surface area contributed by atoms with E-state index in [0.29, 0.717) is 19.6 Å².